The molecule has 1 aliphatic heterocycles. The van der Waals surface area contributed by atoms with Crippen molar-refractivity contribution in [2.75, 3.05) is 31.7 Å². The first-order chi connectivity index (χ1) is 51.2. The van der Waals surface area contributed by atoms with Gasteiger partial charge in [-0.05, 0) is 83.8 Å². The number of unbranched alkanes of at least 4 members (excludes halogenated alkanes) is 1. The van der Waals surface area contributed by atoms with Crippen molar-refractivity contribution in [3.63, 3.8) is 0 Å². The maximum atomic E-state index is 15.6. The highest BCUT2D eigenvalue weighted by Crippen LogP contribution is 2.24. The van der Waals surface area contributed by atoms with E-state index in [-0.39, 0.29) is 62.6 Å². The van der Waals surface area contributed by atoms with Gasteiger partial charge in [-0.15, -0.1) is 0 Å². The van der Waals surface area contributed by atoms with E-state index in [0.717, 1.165) is 49.7 Å². The predicted octanol–water partition coefficient (Wildman–Crippen LogP) is 0.731. The second-order valence-electron chi connectivity index (χ2n) is 26.8. The molecule has 30 heteroatoms. The summed E-state index contributed by atoms with van der Waals surface area (Å²) in [6.07, 6.45) is -3.62. The van der Waals surface area contributed by atoms with E-state index in [4.69, 9.17) is 11.5 Å². The number of fused-ring (bicyclic) bond motifs is 1. The second-order valence-corrected chi connectivity index (χ2v) is 29.4. The molecule has 574 valence electrons. The third kappa shape index (κ3) is 26.6. The number of aliphatic carboxylic acids is 1. The zero-order valence-corrected chi connectivity index (χ0v) is 62.1. The minimum absolute atomic E-state index is 0.0309. The fourth-order valence-corrected chi connectivity index (χ4v) is 14.0. The van der Waals surface area contributed by atoms with Crippen molar-refractivity contribution in [1.82, 2.24) is 58.1 Å². The summed E-state index contributed by atoms with van der Waals surface area (Å²) in [5, 5.41) is 72.0. The van der Waals surface area contributed by atoms with Crippen LogP contribution in [0.25, 0.3) is 10.8 Å². The Bertz CT molecular complexity index is 3960. The molecule has 1 aliphatic rings. The summed E-state index contributed by atoms with van der Waals surface area (Å²) in [6, 6.07) is 28.4. The van der Waals surface area contributed by atoms with Gasteiger partial charge in [-0.1, -0.05) is 193 Å². The molecular formula is C77H99N13O15S2. The van der Waals surface area contributed by atoms with Crippen LogP contribution < -0.4 is 64.6 Å². The second kappa shape index (κ2) is 42.5. The van der Waals surface area contributed by atoms with Gasteiger partial charge in [0.25, 0.3) is 0 Å². The van der Waals surface area contributed by atoms with Crippen LogP contribution in [0.3, 0.4) is 0 Å². The number of rotatable bonds is 21. The van der Waals surface area contributed by atoms with Crippen molar-refractivity contribution in [1.29, 1.82) is 0 Å². The number of carbonyl (C=O) groups excluding carboxylic acids is 10. The molecule has 0 aliphatic carbocycles. The molecule has 18 N–H and O–H groups in total. The number of nitrogens with two attached hydrogens (primary N) is 2. The lowest BCUT2D eigenvalue weighted by Gasteiger charge is -2.34. The van der Waals surface area contributed by atoms with E-state index in [1.807, 2.05) is 62.4 Å². The molecule has 1 heterocycles. The fraction of sp³-hybridized carbons (Fsp3) is 0.416. The van der Waals surface area contributed by atoms with Crippen LogP contribution in [0, 0.1) is 0 Å². The Hall–Kier alpha value is -9.79. The molecule has 6 aromatic carbocycles. The molecule has 6 aromatic rings. The number of carboxylic acid groups (broad SMARTS) is 1. The first-order valence-corrected chi connectivity index (χ1v) is 38.0. The van der Waals surface area contributed by atoms with Gasteiger partial charge in [-0.3, -0.25) is 47.9 Å². The molecule has 107 heavy (non-hydrogen) atoms. The minimum atomic E-state index is -1.91. The van der Waals surface area contributed by atoms with Crippen LogP contribution in [-0.4, -0.2) is 207 Å². The van der Waals surface area contributed by atoms with Gasteiger partial charge in [-0.2, -0.15) is 0 Å². The molecule has 13 atom stereocenters. The lowest BCUT2D eigenvalue weighted by atomic mass is 9.98. The zero-order valence-electron chi connectivity index (χ0n) is 60.5. The third-order valence-corrected chi connectivity index (χ3v) is 20.4. The number of benzene rings is 6. The summed E-state index contributed by atoms with van der Waals surface area (Å²) >= 11 is 0. The molecule has 0 spiro atoms. The molecule has 1 saturated heterocycles. The average molecular weight is 1510 g/mol. The topological polar surface area (TPSA) is 444 Å². The van der Waals surface area contributed by atoms with E-state index in [1.165, 1.54) is 14.0 Å². The van der Waals surface area contributed by atoms with E-state index in [1.54, 1.807) is 109 Å². The van der Waals surface area contributed by atoms with Crippen molar-refractivity contribution >= 4 is 97.4 Å². The van der Waals surface area contributed by atoms with Gasteiger partial charge >= 0.3 is 5.97 Å². The predicted molar refractivity (Wildman–Crippen MR) is 408 cm³/mol. The van der Waals surface area contributed by atoms with Crippen LogP contribution in [-0.2, 0) is 91.4 Å². The normalized spacial score (nSPS) is 23.6. The van der Waals surface area contributed by atoms with E-state index < -0.39 is 150 Å². The fourth-order valence-electron chi connectivity index (χ4n) is 11.7. The SMILES string of the molecule is CC(C)NCc1ccc(C[C@@H]2NC(=O)[C@@H](Cc3ccc4ccccc4c3)NC(=O)[C@H](Cc3ccccc3)NC(=O)[C@H](Cc3ccccc3)NC(=O)[C@H](CCCCN)NC(=O)[C@@H](N)CSSC[C@@H](C(=O)O)NC(=O)[C@H](CO)NC(=O)[C@H]([C@@H](C)O)NC(=O)[C@H](Cc3ccccc3)N(C)C(=O)[C@H]([C@@H](C)O)NC2=O)cc1. The van der Waals surface area contributed by atoms with Crippen LogP contribution in [0.4, 0.5) is 0 Å². The molecule has 0 bridgehead atoms. The standard InChI is InChI=1S/C77H99N13O15S2/c1-45(2)80-41-52-30-28-51(29-31-52)38-60-72(99)89-66(47(4)93)76(103)90(5)64(40-50-23-13-8-14-24-50)74(101)88-65(46(3)92)75(102)86-62(42-91)73(100)87-63(77(104)105)44-107-106-43-56(79)67(94)81-57(27-17-18-34-78)68(95)82-58(36-48-19-9-6-10-20-48)69(96)83-59(37-49-21-11-7-12-22-49)70(97)85-61(71(98)84-60)39-53-32-33-54-25-15-16-26-55(54)35-53/h6-16,19-26,28-33,35,45-47,56-66,80,91-93H,17-18,27,34,36-44,78-79H2,1-5H3,(H,81,94)(H,82,95)(H,83,96)(H,84,98)(H,85,97)(H,86,102)(H,87,100)(H,88,101)(H,89,99)(H,104,105)/t46-,47-,56+,57+,58+,59+,60+,61-,62+,63+,64+,65+,66+/m1/s1. The Morgan fingerprint density at radius 2 is 0.879 bits per heavy atom. The summed E-state index contributed by atoms with van der Waals surface area (Å²) < 4.78 is 0. The number of amides is 10. The number of hydrogen-bond donors (Lipinski definition) is 16. The van der Waals surface area contributed by atoms with Crippen LogP contribution in [0.5, 0.6) is 0 Å². The molecular weight excluding hydrogens is 1410 g/mol. The van der Waals surface area contributed by atoms with E-state index in [2.05, 4.69) is 53.2 Å². The van der Waals surface area contributed by atoms with Gasteiger partial charge < -0.3 is 90.0 Å². The van der Waals surface area contributed by atoms with Crippen LogP contribution >= 0.6 is 21.6 Å². The van der Waals surface area contributed by atoms with Crippen molar-refractivity contribution in [2.24, 2.45) is 11.5 Å². The van der Waals surface area contributed by atoms with Gasteiger partial charge in [0.15, 0.2) is 0 Å². The quantitative estimate of drug-likeness (QED) is 0.0349. The van der Waals surface area contributed by atoms with Gasteiger partial charge in [0.1, 0.15) is 60.4 Å². The highest BCUT2D eigenvalue weighted by Gasteiger charge is 2.40. The van der Waals surface area contributed by atoms with Gasteiger partial charge in [0.2, 0.25) is 59.1 Å². The number of nitrogens with one attached hydrogen (secondary N) is 10. The number of hydrogen-bond acceptors (Lipinski definition) is 19. The summed E-state index contributed by atoms with van der Waals surface area (Å²) in [4.78, 5) is 162. The third-order valence-electron chi connectivity index (χ3n) is 17.9. The van der Waals surface area contributed by atoms with Crippen molar-refractivity contribution in [3.8, 4) is 0 Å². The molecule has 0 aromatic heterocycles. The monoisotopic (exact) mass is 1510 g/mol. The summed E-state index contributed by atoms with van der Waals surface area (Å²) in [6.45, 7) is 5.96. The summed E-state index contributed by atoms with van der Waals surface area (Å²) in [7, 11) is 3.05. The summed E-state index contributed by atoms with van der Waals surface area (Å²) in [5.41, 5.74) is 15.9. The van der Waals surface area contributed by atoms with Crippen molar-refractivity contribution in [3.05, 3.63) is 191 Å². The Balaban J connectivity index is 1.33. The highest BCUT2D eigenvalue weighted by atomic mass is 33.1. The number of nitrogens with zero attached hydrogens (tertiary/aromatic N) is 1. The highest BCUT2D eigenvalue weighted by molar-refractivity contribution is 8.76. The first kappa shape index (κ1) is 84.5. The van der Waals surface area contributed by atoms with Crippen molar-refractivity contribution < 1.29 is 73.2 Å². The first-order valence-electron chi connectivity index (χ1n) is 35.5. The Kier molecular flexibility index (Phi) is 33.6. The van der Waals surface area contributed by atoms with Crippen LogP contribution in [0.15, 0.2) is 158 Å². The average Bonchev–Trinajstić information content (AvgIpc) is 0.826. The molecule has 0 radical (unpaired) electrons. The minimum Gasteiger partial charge on any atom is -0.480 e. The largest absolute Gasteiger partial charge is 0.480 e. The molecule has 7 rings (SSSR count). The van der Waals surface area contributed by atoms with Gasteiger partial charge in [-0.25, -0.2) is 4.79 Å². The van der Waals surface area contributed by atoms with E-state index in [0.29, 0.717) is 47.2 Å². The van der Waals surface area contributed by atoms with Crippen molar-refractivity contribution in [2.45, 2.75) is 170 Å². The zero-order chi connectivity index (χ0) is 77.7. The van der Waals surface area contributed by atoms with Gasteiger partial charge in [0, 0.05) is 63.2 Å². The number of carboxylic acids is 1. The maximum Gasteiger partial charge on any atom is 0.327 e. The number of likely N-dealkylation sites (N-methyl/N-ethyl adjacent to an activating group) is 1. The Morgan fingerprint density at radius 3 is 1.37 bits per heavy atom. The number of aliphatic hydroxyl groups is 3. The molecule has 1 fully saturated rings. The molecule has 0 unspecified atom stereocenters. The lowest BCUT2D eigenvalue weighted by Crippen LogP contribution is -2.63. The maximum absolute atomic E-state index is 15.6. The van der Waals surface area contributed by atoms with Crippen LogP contribution in [0.2, 0.25) is 0 Å². The summed E-state index contributed by atoms with van der Waals surface area (Å²) in [5.74, 6) is -11.8. The molecule has 28 nitrogen and oxygen atoms in total. The van der Waals surface area contributed by atoms with E-state index >= 15 is 24.0 Å². The Labute approximate surface area is 630 Å². The molecule has 10 amide bonds. The number of carbonyl (C=O) groups is 11. The van der Waals surface area contributed by atoms with E-state index in [9.17, 15) is 49.2 Å². The smallest absolute Gasteiger partial charge is 0.327 e. The molecule has 0 saturated carbocycles. The number of aliphatic hydroxyl groups excluding tert-OH is 3. The van der Waals surface area contributed by atoms with Gasteiger partial charge in [0.05, 0.1) is 24.9 Å². The van der Waals surface area contributed by atoms with Crippen LogP contribution in [0.1, 0.15) is 80.3 Å². The Morgan fingerprint density at radius 1 is 0.467 bits per heavy atom. The lowest BCUT2D eigenvalue weighted by molar-refractivity contribution is -0.145.